The van der Waals surface area contributed by atoms with Crippen LogP contribution in [0, 0.1) is 0 Å². The van der Waals surface area contributed by atoms with Crippen LogP contribution in [0.1, 0.15) is 0 Å². The Balaban J connectivity index is -0.000000135. The van der Waals surface area contributed by atoms with Crippen LogP contribution in [0.2, 0.25) is 0 Å². The summed E-state index contributed by atoms with van der Waals surface area (Å²) in [6, 6.07) is 0. The Kier molecular flexibility index (Phi) is 18.7. The molecular weight excluding hydrogens is 532 g/mol. The Morgan fingerprint density at radius 1 is 0.591 bits per heavy atom. The second kappa shape index (κ2) is 14.0. The molecule has 22 heavy (non-hydrogen) atoms. The van der Waals surface area contributed by atoms with Crippen molar-refractivity contribution in [3.05, 3.63) is 0 Å². The maximum atomic E-state index is 9.74. The summed E-state index contributed by atoms with van der Waals surface area (Å²) in [4.78, 5) is 38.8. The quantitative estimate of drug-likeness (QED) is 0.172. The van der Waals surface area contributed by atoms with E-state index in [1.54, 1.807) is 0 Å². The van der Waals surface area contributed by atoms with Crippen molar-refractivity contribution in [1.82, 2.24) is 0 Å². The van der Waals surface area contributed by atoms with E-state index >= 15 is 0 Å². The first-order valence-electron chi connectivity index (χ1n) is 4.53. The Labute approximate surface area is 156 Å². The topological polar surface area (TPSA) is 236 Å². The van der Waals surface area contributed by atoms with E-state index in [0.29, 0.717) is 0 Å². The van der Waals surface area contributed by atoms with E-state index in [4.69, 9.17) is 30.6 Å². The molecule has 0 bridgehead atoms. The average molecular weight is 542 g/mol. The molecule has 0 saturated carbocycles. The SMILES string of the molecule is O=C([O-])C(O)C(O)C(=O)O.O=C([O-])C(O)C(O)C(=O)O.[Sb].[Sb]. The van der Waals surface area contributed by atoms with Crippen molar-refractivity contribution in [3.8, 4) is 0 Å². The Hall–Kier alpha value is -0.644. The number of aliphatic carboxylic acids is 4. The van der Waals surface area contributed by atoms with Gasteiger partial charge in [0.2, 0.25) is 0 Å². The van der Waals surface area contributed by atoms with Crippen molar-refractivity contribution < 1.29 is 60.0 Å². The molecule has 0 spiro atoms. The molecule has 0 aliphatic rings. The summed E-state index contributed by atoms with van der Waals surface area (Å²) in [7, 11) is 0. The molecule has 0 heterocycles. The van der Waals surface area contributed by atoms with Crippen LogP contribution in [0.15, 0.2) is 0 Å². The number of carboxylic acid groups (broad SMARTS) is 4. The molecule has 14 heteroatoms. The minimum Gasteiger partial charge on any atom is -0.547 e. The predicted octanol–water partition coefficient (Wildman–Crippen LogP) is -7.68. The van der Waals surface area contributed by atoms with Gasteiger partial charge in [-0.05, 0) is 0 Å². The minimum absolute atomic E-state index is 0. The van der Waals surface area contributed by atoms with Crippen molar-refractivity contribution in [2.75, 3.05) is 0 Å². The fourth-order valence-electron chi connectivity index (χ4n) is 0.528. The molecule has 0 rings (SSSR count). The number of aliphatic hydroxyl groups is 4. The summed E-state index contributed by atoms with van der Waals surface area (Å²) in [5.74, 6) is -7.65. The first-order valence-corrected chi connectivity index (χ1v) is 4.53. The number of hydrogen-bond acceptors (Lipinski definition) is 10. The second-order valence-electron chi connectivity index (χ2n) is 3.09. The van der Waals surface area contributed by atoms with E-state index in [9.17, 15) is 29.4 Å². The Bertz CT molecular complexity index is 313. The van der Waals surface area contributed by atoms with Gasteiger partial charge >= 0.3 is 11.9 Å². The van der Waals surface area contributed by atoms with Crippen LogP contribution in [-0.4, -0.2) is 128 Å². The van der Waals surface area contributed by atoms with Gasteiger partial charge in [-0.15, -0.1) is 0 Å². The van der Waals surface area contributed by atoms with Crippen molar-refractivity contribution >= 4 is 72.7 Å². The van der Waals surface area contributed by atoms with Crippen molar-refractivity contribution in [3.63, 3.8) is 0 Å². The maximum absolute atomic E-state index is 9.74. The van der Waals surface area contributed by atoms with Crippen LogP contribution in [0.3, 0.4) is 0 Å². The number of carboxylic acids is 4. The molecule has 0 aromatic carbocycles. The normalized spacial score (nSPS) is 14.4. The van der Waals surface area contributed by atoms with Gasteiger partial charge in [-0.1, -0.05) is 0 Å². The van der Waals surface area contributed by atoms with Gasteiger partial charge in [0.15, 0.2) is 12.2 Å². The van der Waals surface area contributed by atoms with Crippen LogP contribution in [0.5, 0.6) is 0 Å². The molecule has 0 amide bonds. The summed E-state index contributed by atoms with van der Waals surface area (Å²) in [5.41, 5.74) is 0. The van der Waals surface area contributed by atoms with Crippen LogP contribution >= 0.6 is 0 Å². The molecule has 0 aromatic heterocycles. The molecule has 0 aromatic rings. The standard InChI is InChI=1S/2C4H6O6.2Sb/c2*5-1(3(7)8)2(6)4(9)10;;/h2*1-2,5-6H,(H,7,8)(H,9,10);;/p-2. The van der Waals surface area contributed by atoms with Crippen LogP contribution < -0.4 is 10.2 Å². The summed E-state index contributed by atoms with van der Waals surface area (Å²) in [5, 5.41) is 68.3. The zero-order chi connectivity index (χ0) is 16.6. The van der Waals surface area contributed by atoms with Gasteiger partial charge in [0, 0.05) is 48.9 Å². The van der Waals surface area contributed by atoms with Crippen LogP contribution in [0.25, 0.3) is 0 Å². The monoisotopic (exact) mass is 540 g/mol. The largest absolute Gasteiger partial charge is 0.547 e. The van der Waals surface area contributed by atoms with E-state index in [1.165, 1.54) is 0 Å². The summed E-state index contributed by atoms with van der Waals surface area (Å²) < 4.78 is 0. The van der Waals surface area contributed by atoms with Crippen LogP contribution in [0.4, 0.5) is 0 Å². The zero-order valence-electron chi connectivity index (χ0n) is 10.3. The predicted molar refractivity (Wildman–Crippen MR) is 60.8 cm³/mol. The number of rotatable bonds is 6. The summed E-state index contributed by atoms with van der Waals surface area (Å²) in [6.07, 6.45) is -9.41. The molecular formula is C8H10O12Sb2-2. The van der Waals surface area contributed by atoms with E-state index in [2.05, 4.69) is 0 Å². The molecule has 6 radical (unpaired) electrons. The number of carbonyl (C=O) groups excluding carboxylic acids is 2. The van der Waals surface area contributed by atoms with E-state index < -0.39 is 48.3 Å². The van der Waals surface area contributed by atoms with Crippen molar-refractivity contribution in [2.24, 2.45) is 0 Å². The first-order chi connectivity index (χ1) is 8.93. The van der Waals surface area contributed by atoms with Crippen molar-refractivity contribution in [1.29, 1.82) is 0 Å². The number of carbonyl (C=O) groups is 4. The fraction of sp³-hybridized carbons (Fsp3) is 0.500. The maximum Gasteiger partial charge on any atom is 0.335 e. The molecule has 0 aliphatic heterocycles. The van der Waals surface area contributed by atoms with E-state index in [-0.39, 0.29) is 48.9 Å². The number of hydrogen-bond donors (Lipinski definition) is 6. The molecule has 126 valence electrons. The minimum atomic E-state index is -2.38. The van der Waals surface area contributed by atoms with Gasteiger partial charge in [0.25, 0.3) is 0 Å². The van der Waals surface area contributed by atoms with Crippen LogP contribution in [-0.2, 0) is 19.2 Å². The van der Waals surface area contributed by atoms with Gasteiger partial charge in [-0.3, -0.25) is 0 Å². The second-order valence-corrected chi connectivity index (χ2v) is 3.09. The molecule has 4 atom stereocenters. The van der Waals surface area contributed by atoms with Gasteiger partial charge in [-0.2, -0.15) is 0 Å². The van der Waals surface area contributed by atoms with Crippen molar-refractivity contribution in [2.45, 2.75) is 24.4 Å². The van der Waals surface area contributed by atoms with Gasteiger partial charge in [-0.25, -0.2) is 9.59 Å². The summed E-state index contributed by atoms with van der Waals surface area (Å²) in [6.45, 7) is 0. The summed E-state index contributed by atoms with van der Waals surface area (Å²) >= 11 is 0. The average Bonchev–Trinajstić information content (AvgIpc) is 2.35. The van der Waals surface area contributed by atoms with E-state index in [1.807, 2.05) is 0 Å². The fourth-order valence-corrected chi connectivity index (χ4v) is 0.528. The molecule has 4 unspecified atom stereocenters. The smallest absolute Gasteiger partial charge is 0.335 e. The number of aliphatic hydroxyl groups excluding tert-OH is 4. The molecule has 0 aliphatic carbocycles. The van der Waals surface area contributed by atoms with Gasteiger partial charge < -0.3 is 50.4 Å². The Morgan fingerprint density at radius 3 is 0.818 bits per heavy atom. The van der Waals surface area contributed by atoms with Gasteiger partial charge in [0.1, 0.15) is 12.2 Å². The molecule has 12 nitrogen and oxygen atoms in total. The van der Waals surface area contributed by atoms with Gasteiger partial charge in [0.05, 0.1) is 11.9 Å². The third kappa shape index (κ3) is 12.0. The third-order valence-electron chi connectivity index (χ3n) is 1.59. The van der Waals surface area contributed by atoms with E-state index in [0.717, 1.165) is 0 Å². The molecule has 0 saturated heterocycles. The zero-order valence-corrected chi connectivity index (χ0v) is 15.4. The molecule has 0 fully saturated rings. The third-order valence-corrected chi connectivity index (χ3v) is 1.59. The Morgan fingerprint density at radius 2 is 0.773 bits per heavy atom. The first kappa shape index (κ1) is 29.4. The molecule has 6 N–H and O–H groups in total.